The van der Waals surface area contributed by atoms with E-state index in [1.165, 1.54) is 18.2 Å². The Morgan fingerprint density at radius 3 is 1.74 bits per heavy atom. The molecule has 0 aliphatic heterocycles. The fourth-order valence-electron chi connectivity index (χ4n) is 2.27. The van der Waals surface area contributed by atoms with Crippen molar-refractivity contribution in [3.8, 4) is 11.8 Å². The van der Waals surface area contributed by atoms with Gasteiger partial charge in [0.1, 0.15) is 5.60 Å². The van der Waals surface area contributed by atoms with E-state index in [-0.39, 0.29) is 5.56 Å². The topological polar surface area (TPSA) is 40.5 Å². The summed E-state index contributed by atoms with van der Waals surface area (Å²) in [5.41, 5.74) is -7.99. The van der Waals surface area contributed by atoms with Gasteiger partial charge in [0.05, 0.1) is 5.56 Å². The zero-order chi connectivity index (χ0) is 20.5. The molecule has 0 spiro atoms. The van der Waals surface area contributed by atoms with E-state index in [4.69, 9.17) is 0 Å². The number of hydrogen-bond acceptors (Lipinski definition) is 2. The number of aliphatic hydroxyl groups is 2. The summed E-state index contributed by atoms with van der Waals surface area (Å²) in [4.78, 5) is 0. The van der Waals surface area contributed by atoms with Crippen molar-refractivity contribution in [3.05, 3.63) is 71.3 Å². The highest BCUT2D eigenvalue weighted by atomic mass is 19.4. The summed E-state index contributed by atoms with van der Waals surface area (Å²) in [6.45, 7) is 0.942. The SMILES string of the molecule is C[C@](O)(C#C[C@@](O)(c1ccccc1)C(F)(F)F)c1cccc(C(F)(F)F)c1. The van der Waals surface area contributed by atoms with E-state index in [0.717, 1.165) is 37.3 Å². The molecular formula is C19H14F6O2. The van der Waals surface area contributed by atoms with Gasteiger partial charge in [-0.3, -0.25) is 0 Å². The lowest BCUT2D eigenvalue weighted by Crippen LogP contribution is -2.41. The molecule has 2 nitrogen and oxygen atoms in total. The number of hydrogen-bond donors (Lipinski definition) is 2. The van der Waals surface area contributed by atoms with Crippen LogP contribution in [0.3, 0.4) is 0 Å². The van der Waals surface area contributed by atoms with Gasteiger partial charge in [-0.2, -0.15) is 26.3 Å². The van der Waals surface area contributed by atoms with E-state index < -0.39 is 34.7 Å². The average molecular weight is 388 g/mol. The molecule has 0 aliphatic rings. The summed E-state index contributed by atoms with van der Waals surface area (Å²) in [7, 11) is 0. The maximum Gasteiger partial charge on any atom is 0.433 e. The van der Waals surface area contributed by atoms with Crippen molar-refractivity contribution < 1.29 is 36.6 Å². The zero-order valence-electron chi connectivity index (χ0n) is 13.9. The van der Waals surface area contributed by atoms with Gasteiger partial charge in [0.25, 0.3) is 0 Å². The molecule has 0 saturated carbocycles. The first-order valence-corrected chi connectivity index (χ1v) is 7.56. The summed E-state index contributed by atoms with van der Waals surface area (Å²) in [6, 6.07) is 9.40. The van der Waals surface area contributed by atoms with Crippen molar-refractivity contribution >= 4 is 0 Å². The monoisotopic (exact) mass is 388 g/mol. The molecule has 0 aliphatic carbocycles. The minimum atomic E-state index is -5.20. The number of halogens is 6. The Morgan fingerprint density at radius 1 is 0.704 bits per heavy atom. The minimum Gasteiger partial charge on any atom is -0.374 e. The molecule has 2 aromatic rings. The third kappa shape index (κ3) is 4.43. The lowest BCUT2D eigenvalue weighted by atomic mass is 9.90. The van der Waals surface area contributed by atoms with Gasteiger partial charge in [-0.25, -0.2) is 0 Å². The molecule has 0 radical (unpaired) electrons. The molecule has 2 rings (SSSR count). The summed E-state index contributed by atoms with van der Waals surface area (Å²) in [5, 5.41) is 20.5. The van der Waals surface area contributed by atoms with Gasteiger partial charge in [0.15, 0.2) is 0 Å². The molecule has 2 aromatic carbocycles. The van der Waals surface area contributed by atoms with Crippen molar-refractivity contribution in [2.75, 3.05) is 0 Å². The van der Waals surface area contributed by atoms with Crippen LogP contribution in [0.2, 0.25) is 0 Å². The second-order valence-electron chi connectivity index (χ2n) is 5.97. The average Bonchev–Trinajstić information content (AvgIpc) is 2.59. The van der Waals surface area contributed by atoms with Crippen LogP contribution >= 0.6 is 0 Å². The first kappa shape index (κ1) is 20.8. The number of rotatable bonds is 2. The molecule has 0 bridgehead atoms. The summed E-state index contributed by atoms with van der Waals surface area (Å²) in [5.74, 6) is 3.47. The Bertz CT molecular complexity index is 859. The maximum absolute atomic E-state index is 13.4. The van der Waals surface area contributed by atoms with E-state index in [0.29, 0.717) is 6.07 Å². The Hall–Kier alpha value is -2.50. The quantitative estimate of drug-likeness (QED) is 0.593. The van der Waals surface area contributed by atoms with Crippen LogP contribution in [0.15, 0.2) is 54.6 Å². The standard InChI is InChI=1S/C19H14F6O2/c1-16(26,14-8-5-9-15(12-14)18(20,21)22)10-11-17(27,19(23,24)25)13-6-3-2-4-7-13/h2-9,12,26-27H,1H3/t16-,17+/m0/s1. The van der Waals surface area contributed by atoms with Crippen LogP contribution in [-0.4, -0.2) is 16.4 Å². The summed E-state index contributed by atoms with van der Waals surface area (Å²) in [6.07, 6.45) is -9.90. The molecule has 8 heteroatoms. The second kappa shape index (κ2) is 6.91. The minimum absolute atomic E-state index is 0.359. The van der Waals surface area contributed by atoms with Gasteiger partial charge < -0.3 is 10.2 Å². The van der Waals surface area contributed by atoms with Crippen LogP contribution < -0.4 is 0 Å². The molecule has 2 N–H and O–H groups in total. The zero-order valence-corrected chi connectivity index (χ0v) is 13.9. The highest BCUT2D eigenvalue weighted by Gasteiger charge is 2.54. The van der Waals surface area contributed by atoms with Crippen LogP contribution in [0.4, 0.5) is 26.3 Å². The van der Waals surface area contributed by atoms with Crippen molar-refractivity contribution in [2.45, 2.75) is 30.5 Å². The molecule has 2 atom stereocenters. The molecule has 0 heterocycles. The third-order valence-electron chi connectivity index (χ3n) is 3.84. The van der Waals surface area contributed by atoms with E-state index in [1.807, 2.05) is 5.92 Å². The van der Waals surface area contributed by atoms with Crippen molar-refractivity contribution in [1.29, 1.82) is 0 Å². The Balaban J connectivity index is 2.52. The highest BCUT2D eigenvalue weighted by Crippen LogP contribution is 2.39. The molecule has 27 heavy (non-hydrogen) atoms. The van der Waals surface area contributed by atoms with Crippen LogP contribution in [0.25, 0.3) is 0 Å². The van der Waals surface area contributed by atoms with E-state index in [1.54, 1.807) is 5.92 Å². The molecular weight excluding hydrogens is 374 g/mol. The van der Waals surface area contributed by atoms with Gasteiger partial charge in [0, 0.05) is 5.56 Å². The summed E-state index contributed by atoms with van der Waals surface area (Å²) < 4.78 is 78.6. The van der Waals surface area contributed by atoms with Crippen LogP contribution in [0.1, 0.15) is 23.6 Å². The first-order chi connectivity index (χ1) is 12.3. The van der Waals surface area contributed by atoms with Crippen molar-refractivity contribution in [3.63, 3.8) is 0 Å². The number of alkyl halides is 6. The Kier molecular flexibility index (Phi) is 5.32. The smallest absolute Gasteiger partial charge is 0.374 e. The predicted octanol–water partition coefficient (Wildman–Crippen LogP) is 4.37. The fraction of sp³-hybridized carbons (Fsp3) is 0.263. The second-order valence-corrected chi connectivity index (χ2v) is 5.97. The predicted molar refractivity (Wildman–Crippen MR) is 85.2 cm³/mol. The normalized spacial score (nSPS) is 16.6. The summed E-state index contributed by atoms with van der Waals surface area (Å²) >= 11 is 0. The lowest BCUT2D eigenvalue weighted by molar-refractivity contribution is -0.240. The van der Waals surface area contributed by atoms with Crippen LogP contribution in [0.5, 0.6) is 0 Å². The highest BCUT2D eigenvalue weighted by molar-refractivity contribution is 5.40. The van der Waals surface area contributed by atoms with Crippen molar-refractivity contribution in [2.24, 2.45) is 0 Å². The molecule has 0 fully saturated rings. The number of benzene rings is 2. The molecule has 0 unspecified atom stereocenters. The Labute approximate surface area is 151 Å². The largest absolute Gasteiger partial charge is 0.433 e. The van der Waals surface area contributed by atoms with Gasteiger partial charge in [-0.1, -0.05) is 54.3 Å². The van der Waals surface area contributed by atoms with Crippen LogP contribution in [-0.2, 0) is 17.4 Å². The third-order valence-corrected chi connectivity index (χ3v) is 3.84. The van der Waals surface area contributed by atoms with E-state index in [2.05, 4.69) is 0 Å². The molecule has 0 saturated heterocycles. The van der Waals surface area contributed by atoms with Gasteiger partial charge >= 0.3 is 12.4 Å². The van der Waals surface area contributed by atoms with Gasteiger partial charge in [-0.05, 0) is 24.6 Å². The molecule has 0 aromatic heterocycles. The van der Waals surface area contributed by atoms with E-state index >= 15 is 0 Å². The first-order valence-electron chi connectivity index (χ1n) is 7.56. The van der Waals surface area contributed by atoms with Gasteiger partial charge in [-0.15, -0.1) is 0 Å². The lowest BCUT2D eigenvalue weighted by Gasteiger charge is -2.26. The van der Waals surface area contributed by atoms with Crippen molar-refractivity contribution in [1.82, 2.24) is 0 Å². The fourth-order valence-corrected chi connectivity index (χ4v) is 2.27. The Morgan fingerprint density at radius 2 is 1.22 bits per heavy atom. The maximum atomic E-state index is 13.4. The molecule has 144 valence electrons. The molecule has 0 amide bonds. The van der Waals surface area contributed by atoms with E-state index in [9.17, 15) is 36.6 Å². The van der Waals surface area contributed by atoms with Gasteiger partial charge in [0.2, 0.25) is 5.60 Å². The van der Waals surface area contributed by atoms with Crippen LogP contribution in [0, 0.1) is 11.8 Å².